The van der Waals surface area contributed by atoms with Crippen molar-refractivity contribution in [2.45, 2.75) is 32.5 Å². The van der Waals surface area contributed by atoms with E-state index in [9.17, 15) is 0 Å². The second-order valence-electron chi connectivity index (χ2n) is 4.32. The molecule has 0 aromatic heterocycles. The maximum Gasteiger partial charge on any atom is 0.100 e. The molecule has 2 nitrogen and oxygen atoms in total. The van der Waals surface area contributed by atoms with E-state index in [0.717, 1.165) is 11.9 Å². The summed E-state index contributed by atoms with van der Waals surface area (Å²) in [5.74, 6) is 0. The first-order valence-corrected chi connectivity index (χ1v) is 7.11. The van der Waals surface area contributed by atoms with Gasteiger partial charge in [-0.15, -0.1) is 0 Å². The van der Waals surface area contributed by atoms with Gasteiger partial charge in [-0.25, -0.2) is 0 Å². The lowest BCUT2D eigenvalue weighted by atomic mass is 9.98. The van der Waals surface area contributed by atoms with Crippen molar-refractivity contribution < 1.29 is 9.47 Å². The average Bonchev–Trinajstić information content (AvgIpc) is 2.37. The molecule has 0 aliphatic heterocycles. The van der Waals surface area contributed by atoms with Crippen molar-refractivity contribution in [3.8, 4) is 0 Å². The summed E-state index contributed by atoms with van der Waals surface area (Å²) >= 11 is 3.54. The van der Waals surface area contributed by atoms with Gasteiger partial charge in [-0.2, -0.15) is 0 Å². The number of rotatable bonds is 7. The Morgan fingerprint density at radius 1 is 1.29 bits per heavy atom. The number of alkyl halides is 1. The van der Waals surface area contributed by atoms with Crippen LogP contribution in [0, 0.1) is 0 Å². The van der Waals surface area contributed by atoms with Gasteiger partial charge in [0, 0.05) is 11.9 Å². The van der Waals surface area contributed by atoms with E-state index in [0.29, 0.717) is 6.61 Å². The van der Waals surface area contributed by atoms with Crippen LogP contribution in [0.25, 0.3) is 0 Å². The van der Waals surface area contributed by atoms with Gasteiger partial charge in [0.15, 0.2) is 0 Å². The smallest absolute Gasteiger partial charge is 0.100 e. The molecule has 0 spiro atoms. The molecule has 96 valence electrons. The van der Waals surface area contributed by atoms with E-state index in [-0.39, 0.29) is 11.7 Å². The molecule has 2 atom stereocenters. The maximum atomic E-state index is 6.10. The minimum atomic E-state index is -0.308. The number of hydrogen-bond donors (Lipinski definition) is 0. The molecule has 0 aliphatic rings. The molecule has 0 fully saturated rings. The lowest BCUT2D eigenvalue weighted by molar-refractivity contribution is -0.0931. The van der Waals surface area contributed by atoms with Crippen LogP contribution >= 0.6 is 15.9 Å². The number of hydrogen-bond acceptors (Lipinski definition) is 2. The lowest BCUT2D eigenvalue weighted by Crippen LogP contribution is -2.33. The van der Waals surface area contributed by atoms with Gasteiger partial charge >= 0.3 is 0 Å². The van der Waals surface area contributed by atoms with E-state index in [2.05, 4.69) is 35.0 Å². The molecule has 17 heavy (non-hydrogen) atoms. The van der Waals surface area contributed by atoms with E-state index in [1.165, 1.54) is 5.56 Å². The van der Waals surface area contributed by atoms with Gasteiger partial charge in [0.25, 0.3) is 0 Å². The Kier molecular flexibility index (Phi) is 6.17. The van der Waals surface area contributed by atoms with Crippen molar-refractivity contribution in [3.63, 3.8) is 0 Å². The molecule has 0 bridgehead atoms. The predicted octanol–water partition coefficient (Wildman–Crippen LogP) is 3.74. The topological polar surface area (TPSA) is 18.5 Å². The van der Waals surface area contributed by atoms with Gasteiger partial charge in [-0.3, -0.25) is 0 Å². The minimum Gasteiger partial charge on any atom is -0.379 e. The van der Waals surface area contributed by atoms with Crippen molar-refractivity contribution in [2.24, 2.45) is 0 Å². The van der Waals surface area contributed by atoms with Crippen molar-refractivity contribution in [1.82, 2.24) is 0 Å². The molecule has 0 radical (unpaired) electrons. The fourth-order valence-electron chi connectivity index (χ4n) is 1.73. The summed E-state index contributed by atoms with van der Waals surface area (Å²) < 4.78 is 11.5. The third kappa shape index (κ3) is 4.41. The first kappa shape index (κ1) is 14.7. The maximum absolute atomic E-state index is 6.10. The zero-order valence-corrected chi connectivity index (χ0v) is 12.4. The molecular weight excluding hydrogens is 280 g/mol. The molecule has 0 saturated carbocycles. The van der Waals surface area contributed by atoms with Gasteiger partial charge in [0.05, 0.1) is 12.7 Å². The highest BCUT2D eigenvalue weighted by Crippen LogP contribution is 2.28. The number of halogens is 1. The first-order valence-electron chi connectivity index (χ1n) is 5.99. The lowest BCUT2D eigenvalue weighted by Gasteiger charge is -2.31. The molecule has 3 heteroatoms. The Morgan fingerprint density at radius 2 is 1.94 bits per heavy atom. The zero-order valence-electron chi connectivity index (χ0n) is 10.8. The van der Waals surface area contributed by atoms with Crippen LogP contribution in [0.4, 0.5) is 0 Å². The normalized spacial score (nSPS) is 16.5. The van der Waals surface area contributed by atoms with Crippen LogP contribution in [-0.4, -0.2) is 24.6 Å². The van der Waals surface area contributed by atoms with Crippen LogP contribution in [-0.2, 0) is 15.1 Å². The summed E-state index contributed by atoms with van der Waals surface area (Å²) in [4.78, 5) is 0. The average molecular weight is 301 g/mol. The van der Waals surface area contributed by atoms with Gasteiger partial charge in [0.1, 0.15) is 5.60 Å². The summed E-state index contributed by atoms with van der Waals surface area (Å²) in [6.45, 7) is 7.49. The molecule has 0 N–H and O–H groups in total. The zero-order chi connectivity index (χ0) is 12.7. The highest BCUT2D eigenvalue weighted by atomic mass is 79.9. The largest absolute Gasteiger partial charge is 0.379 e. The summed E-state index contributed by atoms with van der Waals surface area (Å²) in [6, 6.07) is 10.3. The monoisotopic (exact) mass is 300 g/mol. The highest BCUT2D eigenvalue weighted by molar-refractivity contribution is 9.09. The second kappa shape index (κ2) is 7.14. The molecule has 1 aromatic rings. The highest BCUT2D eigenvalue weighted by Gasteiger charge is 2.28. The molecule has 2 unspecified atom stereocenters. The molecule has 0 saturated heterocycles. The Morgan fingerprint density at radius 3 is 2.47 bits per heavy atom. The van der Waals surface area contributed by atoms with Crippen LogP contribution in [0.15, 0.2) is 30.3 Å². The quantitative estimate of drug-likeness (QED) is 0.714. The third-order valence-corrected chi connectivity index (χ3v) is 3.73. The van der Waals surface area contributed by atoms with Crippen LogP contribution in [0.3, 0.4) is 0 Å². The Hall–Kier alpha value is -0.380. The van der Waals surface area contributed by atoms with Crippen LogP contribution in [0.2, 0.25) is 0 Å². The molecule has 0 heterocycles. The molecular formula is C14H21BrO2. The van der Waals surface area contributed by atoms with Crippen LogP contribution < -0.4 is 0 Å². The van der Waals surface area contributed by atoms with Crippen LogP contribution in [0.1, 0.15) is 26.3 Å². The summed E-state index contributed by atoms with van der Waals surface area (Å²) in [5, 5.41) is 0.764. The second-order valence-corrected chi connectivity index (χ2v) is 4.88. The fourth-order valence-corrected chi connectivity index (χ4v) is 2.19. The van der Waals surface area contributed by atoms with Gasteiger partial charge in [-0.1, -0.05) is 46.3 Å². The molecule has 1 rings (SSSR count). The van der Waals surface area contributed by atoms with Gasteiger partial charge in [0.2, 0.25) is 0 Å². The number of benzene rings is 1. The number of ether oxygens (including phenoxy) is 2. The molecule has 0 aliphatic carbocycles. The first-order chi connectivity index (χ1) is 8.12. The van der Waals surface area contributed by atoms with Crippen molar-refractivity contribution in [3.05, 3.63) is 35.9 Å². The third-order valence-electron chi connectivity index (χ3n) is 2.66. The predicted molar refractivity (Wildman–Crippen MR) is 74.6 cm³/mol. The Labute approximate surface area is 112 Å². The van der Waals surface area contributed by atoms with E-state index in [1.807, 2.05) is 32.0 Å². The Bertz CT molecular complexity index is 315. The molecule has 0 amide bonds. The van der Waals surface area contributed by atoms with Gasteiger partial charge in [-0.05, 0) is 26.3 Å². The standard InChI is InChI=1S/C14H21BrO2/c1-4-16-10-12(2)17-14(3,11-15)13-8-6-5-7-9-13/h5-9,12H,4,10-11H2,1-3H3. The minimum absolute atomic E-state index is 0.0812. The van der Waals surface area contributed by atoms with E-state index < -0.39 is 0 Å². The van der Waals surface area contributed by atoms with Crippen molar-refractivity contribution in [1.29, 1.82) is 0 Å². The van der Waals surface area contributed by atoms with E-state index >= 15 is 0 Å². The summed E-state index contributed by atoms with van der Waals surface area (Å²) in [7, 11) is 0. The SMILES string of the molecule is CCOCC(C)OC(C)(CBr)c1ccccc1. The molecule has 1 aromatic carbocycles. The fraction of sp³-hybridized carbons (Fsp3) is 0.571. The van der Waals surface area contributed by atoms with E-state index in [4.69, 9.17) is 9.47 Å². The Balaban J connectivity index is 2.69. The van der Waals surface area contributed by atoms with Crippen molar-refractivity contribution >= 4 is 15.9 Å². The van der Waals surface area contributed by atoms with Crippen LogP contribution in [0.5, 0.6) is 0 Å². The van der Waals surface area contributed by atoms with E-state index in [1.54, 1.807) is 0 Å². The summed E-state index contributed by atoms with van der Waals surface area (Å²) in [5.41, 5.74) is 0.873. The summed E-state index contributed by atoms with van der Waals surface area (Å²) in [6.07, 6.45) is 0.0812. The van der Waals surface area contributed by atoms with Gasteiger partial charge < -0.3 is 9.47 Å². The van der Waals surface area contributed by atoms with Crippen molar-refractivity contribution in [2.75, 3.05) is 18.5 Å².